The Bertz CT molecular complexity index is 648. The molecule has 0 radical (unpaired) electrons. The van der Waals surface area contributed by atoms with Crippen LogP contribution >= 0.6 is 15.6 Å². The number of nitrogens with zero attached hydrogens (tertiary/aromatic N) is 3. The number of fused-ring (bicyclic) bond motifs is 1. The van der Waals surface area contributed by atoms with Crippen molar-refractivity contribution in [2.45, 2.75) is 0 Å². The van der Waals surface area contributed by atoms with Crippen molar-refractivity contribution in [1.82, 2.24) is 9.97 Å². The first kappa shape index (κ1) is 22.3. The van der Waals surface area contributed by atoms with Gasteiger partial charge in [-0.15, -0.1) is 0 Å². The van der Waals surface area contributed by atoms with Gasteiger partial charge in [0.2, 0.25) is 11.8 Å². The van der Waals surface area contributed by atoms with E-state index in [-0.39, 0.29) is 24.1 Å². The van der Waals surface area contributed by atoms with Gasteiger partial charge in [-0.3, -0.25) is 0 Å². The molecule has 1 aromatic rings. The van der Waals surface area contributed by atoms with E-state index in [1.807, 2.05) is 0 Å². The van der Waals surface area contributed by atoms with Crippen molar-refractivity contribution in [2.75, 3.05) is 24.2 Å². The van der Waals surface area contributed by atoms with E-state index in [1.54, 1.807) is 0 Å². The molecule has 1 aromatic heterocycles. The van der Waals surface area contributed by atoms with Crippen LogP contribution in [0.2, 0.25) is 0 Å². The number of nitrogens with two attached hydrogens (primary N) is 1. The minimum atomic E-state index is -4.64. The maximum atomic E-state index is 9.39. The summed E-state index contributed by atoms with van der Waals surface area (Å²) in [5, 5.41) is 21.1. The summed E-state index contributed by atoms with van der Waals surface area (Å²) in [6.07, 6.45) is 0. The van der Waals surface area contributed by atoms with Crippen LogP contribution in [0.4, 0.5) is 17.5 Å². The first-order valence-electron chi connectivity index (χ1n) is 5.55. The van der Waals surface area contributed by atoms with Gasteiger partial charge in [-0.2, -0.15) is 9.97 Å². The number of aromatic hydroxyl groups is 1. The third-order valence-electron chi connectivity index (χ3n) is 1.80. The predicted molar refractivity (Wildman–Crippen MR) is 79.3 cm³/mol. The van der Waals surface area contributed by atoms with E-state index in [0.717, 1.165) is 0 Å². The summed E-state index contributed by atoms with van der Waals surface area (Å²) in [5.74, 6) is 0.0780. The van der Waals surface area contributed by atoms with Crippen molar-refractivity contribution < 1.29 is 48.7 Å². The van der Waals surface area contributed by atoms with Crippen molar-refractivity contribution in [3.63, 3.8) is 0 Å². The average Bonchev–Trinajstić information content (AvgIpc) is 2.34. The average molecular weight is 391 g/mol. The van der Waals surface area contributed by atoms with Crippen LogP contribution in [-0.4, -0.2) is 68.4 Å². The fourth-order valence-corrected chi connectivity index (χ4v) is 1.16. The Morgan fingerprint density at radius 3 is 1.92 bits per heavy atom. The maximum absolute atomic E-state index is 9.39. The van der Waals surface area contributed by atoms with Gasteiger partial charge in [0.05, 0.1) is 18.9 Å². The fraction of sp³-hybridized carbons (Fsp3) is 0.286. The number of nitrogens with one attached hydrogen (secondary N) is 1. The van der Waals surface area contributed by atoms with Crippen LogP contribution in [0.25, 0.3) is 0 Å². The summed E-state index contributed by atoms with van der Waals surface area (Å²) in [4.78, 5) is 54.5. The van der Waals surface area contributed by atoms with Crippen molar-refractivity contribution in [2.24, 2.45) is 4.99 Å². The highest BCUT2D eigenvalue weighted by Gasteiger charge is 2.17. The molecule has 0 aliphatic carbocycles. The Kier molecular flexibility index (Phi) is 8.36. The second-order valence-corrected chi connectivity index (χ2v) is 5.87. The molecule has 0 unspecified atom stereocenters. The second kappa shape index (κ2) is 8.98. The number of aliphatic imine (C=N–C) groups is 1. The molecule has 0 atom stereocenters. The molecular formula is C7H15N5O10P2. The zero-order valence-corrected chi connectivity index (χ0v) is 13.4. The van der Waals surface area contributed by atoms with Crippen molar-refractivity contribution >= 4 is 38.8 Å². The topological polar surface area (TPSA) is 272 Å². The molecule has 0 fully saturated rings. The van der Waals surface area contributed by atoms with Crippen LogP contribution in [0.5, 0.6) is 5.88 Å². The van der Waals surface area contributed by atoms with Gasteiger partial charge < -0.3 is 50.6 Å². The second-order valence-electron chi connectivity index (χ2n) is 3.82. The standard InChI is InChI=1S/C7H9N5O2.2H3O4P/c8-7-11-5-4(6(14)12-7)10-3(2-13)1-9-5;2*1-5(2,3)4/h13H,1-2H2,(H4,8,9,11,12,14);2*(H3,1,2,3,4). The largest absolute Gasteiger partial charge is 0.492 e. The van der Waals surface area contributed by atoms with Crippen LogP contribution in [0, 0.1) is 0 Å². The van der Waals surface area contributed by atoms with E-state index < -0.39 is 15.6 Å². The molecule has 0 amide bonds. The van der Waals surface area contributed by atoms with E-state index in [1.165, 1.54) is 0 Å². The zero-order chi connectivity index (χ0) is 19.1. The lowest BCUT2D eigenvalue weighted by Gasteiger charge is -2.15. The molecule has 0 aromatic carbocycles. The smallest absolute Gasteiger partial charge is 0.466 e. The van der Waals surface area contributed by atoms with E-state index in [4.69, 9.17) is 49.3 Å². The molecule has 11 N–H and O–H groups in total. The fourth-order valence-electron chi connectivity index (χ4n) is 1.16. The van der Waals surface area contributed by atoms with E-state index in [9.17, 15) is 5.11 Å². The van der Waals surface area contributed by atoms with Crippen LogP contribution in [0.1, 0.15) is 0 Å². The Labute approximate surface area is 133 Å². The monoisotopic (exact) mass is 391 g/mol. The number of rotatable bonds is 1. The molecule has 0 spiro atoms. The first-order chi connectivity index (χ1) is 10.7. The number of anilines is 2. The zero-order valence-electron chi connectivity index (χ0n) is 11.6. The normalized spacial score (nSPS) is 13.2. The Morgan fingerprint density at radius 2 is 1.50 bits per heavy atom. The first-order valence-corrected chi connectivity index (χ1v) is 8.68. The number of aliphatic hydroxyl groups is 1. The minimum absolute atomic E-state index is 0.0172. The quantitative estimate of drug-likeness (QED) is 0.220. The highest BCUT2D eigenvalue weighted by molar-refractivity contribution is 7.45. The predicted octanol–water partition coefficient (Wildman–Crippen LogP) is -2.60. The molecule has 2 rings (SSSR count). The molecule has 17 heteroatoms. The number of phosphoric acid groups is 2. The van der Waals surface area contributed by atoms with Gasteiger partial charge in [-0.25, -0.2) is 14.1 Å². The van der Waals surface area contributed by atoms with Gasteiger partial charge in [0.1, 0.15) is 0 Å². The van der Waals surface area contributed by atoms with Crippen molar-refractivity contribution in [3.05, 3.63) is 0 Å². The van der Waals surface area contributed by atoms with Gasteiger partial charge in [-0.1, -0.05) is 0 Å². The van der Waals surface area contributed by atoms with Crippen LogP contribution < -0.4 is 11.1 Å². The molecular weight excluding hydrogens is 376 g/mol. The molecule has 2 heterocycles. The Hall–Kier alpha value is -1.67. The maximum Gasteiger partial charge on any atom is 0.466 e. The number of aromatic nitrogens is 2. The lowest BCUT2D eigenvalue weighted by Crippen LogP contribution is -2.21. The summed E-state index contributed by atoms with van der Waals surface area (Å²) in [6, 6.07) is 0. The lowest BCUT2D eigenvalue weighted by atomic mass is 10.3. The van der Waals surface area contributed by atoms with Crippen LogP contribution in [-0.2, 0) is 9.13 Å². The summed E-state index contributed by atoms with van der Waals surface area (Å²) >= 11 is 0. The van der Waals surface area contributed by atoms with Crippen LogP contribution in [0.3, 0.4) is 0 Å². The third-order valence-corrected chi connectivity index (χ3v) is 1.80. The minimum Gasteiger partial charge on any atom is -0.492 e. The molecule has 1 aliphatic heterocycles. The van der Waals surface area contributed by atoms with E-state index in [0.29, 0.717) is 18.1 Å². The third kappa shape index (κ3) is 11.8. The summed E-state index contributed by atoms with van der Waals surface area (Å²) in [6.45, 7) is 0.218. The molecule has 15 nitrogen and oxygen atoms in total. The molecule has 138 valence electrons. The molecule has 0 bridgehead atoms. The highest BCUT2D eigenvalue weighted by atomic mass is 31.2. The lowest BCUT2D eigenvalue weighted by molar-refractivity contribution is 0.272. The SMILES string of the molecule is Nc1nc(O)c2c(n1)NCC(CO)=N2.O=P(O)(O)O.O=P(O)(O)O. The number of hydrogen-bond donors (Lipinski definition) is 10. The number of aliphatic hydroxyl groups excluding tert-OH is 1. The molecule has 0 saturated heterocycles. The highest BCUT2D eigenvalue weighted by Crippen LogP contribution is 2.34. The number of nitrogen functional groups attached to an aromatic ring is 1. The van der Waals surface area contributed by atoms with Gasteiger partial charge in [0.15, 0.2) is 11.5 Å². The number of hydrogen-bond acceptors (Lipinski definition) is 9. The molecule has 24 heavy (non-hydrogen) atoms. The van der Waals surface area contributed by atoms with Gasteiger partial charge in [0, 0.05) is 0 Å². The van der Waals surface area contributed by atoms with Gasteiger partial charge in [-0.05, 0) is 0 Å². The van der Waals surface area contributed by atoms with E-state index in [2.05, 4.69) is 20.3 Å². The molecule has 0 saturated carbocycles. The Morgan fingerprint density at radius 1 is 1.04 bits per heavy atom. The molecule has 1 aliphatic rings. The summed E-state index contributed by atoms with van der Waals surface area (Å²) in [7, 11) is -9.28. The van der Waals surface area contributed by atoms with Gasteiger partial charge in [0.25, 0.3) is 0 Å². The summed E-state index contributed by atoms with van der Waals surface area (Å²) < 4.78 is 17.8. The van der Waals surface area contributed by atoms with Gasteiger partial charge >= 0.3 is 15.6 Å². The van der Waals surface area contributed by atoms with Crippen molar-refractivity contribution in [3.8, 4) is 5.88 Å². The van der Waals surface area contributed by atoms with Crippen molar-refractivity contribution in [1.29, 1.82) is 0 Å². The summed E-state index contributed by atoms with van der Waals surface area (Å²) in [5.41, 5.74) is 6.06. The van der Waals surface area contributed by atoms with Crippen LogP contribution in [0.15, 0.2) is 4.99 Å². The Balaban J connectivity index is 0.000000442. The van der Waals surface area contributed by atoms with E-state index >= 15 is 0 Å².